The van der Waals surface area contributed by atoms with Gasteiger partial charge in [0.2, 0.25) is 0 Å². The molecule has 6 rings (SSSR count). The molecule has 1 saturated carbocycles. The molecule has 2 aromatic heterocycles. The first-order valence-electron chi connectivity index (χ1n) is 12.9. The smallest absolute Gasteiger partial charge is 0.258 e. The second-order valence-electron chi connectivity index (χ2n) is 10.2. The van der Waals surface area contributed by atoms with E-state index in [0.29, 0.717) is 35.3 Å². The van der Waals surface area contributed by atoms with Gasteiger partial charge in [-0.15, -0.1) is 0 Å². The molecule has 0 radical (unpaired) electrons. The van der Waals surface area contributed by atoms with Crippen LogP contribution in [-0.4, -0.2) is 51.0 Å². The fourth-order valence-electron chi connectivity index (χ4n) is 5.34. The van der Waals surface area contributed by atoms with Crippen LogP contribution >= 0.6 is 11.6 Å². The lowest BCUT2D eigenvalue weighted by Gasteiger charge is -2.35. The number of hydrogen-bond donors (Lipinski definition) is 1. The lowest BCUT2D eigenvalue weighted by Crippen LogP contribution is -2.39. The maximum atomic E-state index is 13.9. The van der Waals surface area contributed by atoms with Crippen molar-refractivity contribution in [3.8, 4) is 5.75 Å². The van der Waals surface area contributed by atoms with E-state index in [-0.39, 0.29) is 30.4 Å². The van der Waals surface area contributed by atoms with Gasteiger partial charge in [-0.1, -0.05) is 18.5 Å². The number of nitrogens with one attached hydrogen (secondary N) is 1. The number of carbonyl (C=O) groups is 2. The Hall–Kier alpha value is -3.13. The van der Waals surface area contributed by atoms with Crippen molar-refractivity contribution in [2.45, 2.75) is 63.3 Å². The molecule has 1 N–H and O–H groups in total. The van der Waals surface area contributed by atoms with Crippen molar-refractivity contribution < 1.29 is 14.3 Å². The highest BCUT2D eigenvalue weighted by atomic mass is 35.5. The lowest BCUT2D eigenvalue weighted by atomic mass is 9.98. The summed E-state index contributed by atoms with van der Waals surface area (Å²) in [5, 5.41) is 8.41. The second kappa shape index (κ2) is 9.39. The summed E-state index contributed by atoms with van der Waals surface area (Å²) in [6.45, 7) is 3.14. The van der Waals surface area contributed by atoms with Gasteiger partial charge in [-0.05, 0) is 62.8 Å². The number of halogens is 1. The summed E-state index contributed by atoms with van der Waals surface area (Å²) in [6, 6.07) is 9.03. The summed E-state index contributed by atoms with van der Waals surface area (Å²) in [4.78, 5) is 33.2. The molecule has 0 spiro atoms. The van der Waals surface area contributed by atoms with E-state index >= 15 is 0 Å². The third-order valence-corrected chi connectivity index (χ3v) is 7.76. The summed E-state index contributed by atoms with van der Waals surface area (Å²) in [5.41, 5.74) is 4.26. The Morgan fingerprint density at radius 3 is 2.75 bits per heavy atom. The minimum absolute atomic E-state index is 0.161. The quantitative estimate of drug-likeness (QED) is 0.518. The molecular weight excluding hydrogens is 478 g/mol. The molecule has 8 nitrogen and oxygen atoms in total. The predicted octanol–water partition coefficient (Wildman–Crippen LogP) is 4.63. The monoisotopic (exact) mass is 507 g/mol. The van der Waals surface area contributed by atoms with Crippen LogP contribution in [-0.2, 0) is 4.79 Å². The van der Waals surface area contributed by atoms with E-state index in [0.717, 1.165) is 48.4 Å². The van der Waals surface area contributed by atoms with E-state index in [9.17, 15) is 9.59 Å². The van der Waals surface area contributed by atoms with Crippen molar-refractivity contribution in [3.05, 3.63) is 58.0 Å². The molecule has 36 heavy (non-hydrogen) atoms. The van der Waals surface area contributed by atoms with E-state index in [1.54, 1.807) is 18.2 Å². The molecule has 188 valence electrons. The van der Waals surface area contributed by atoms with Crippen LogP contribution in [0.3, 0.4) is 0 Å². The van der Waals surface area contributed by atoms with Gasteiger partial charge in [0.15, 0.2) is 12.3 Å². The molecule has 2 atom stereocenters. The third kappa shape index (κ3) is 4.43. The molecule has 3 aromatic rings. The molecule has 2 bridgehead atoms. The highest BCUT2D eigenvalue weighted by Gasteiger charge is 2.33. The number of aromatic nitrogens is 3. The lowest BCUT2D eigenvalue weighted by molar-refractivity contribution is -0.123. The van der Waals surface area contributed by atoms with Gasteiger partial charge >= 0.3 is 0 Å². The number of piperidine rings is 1. The van der Waals surface area contributed by atoms with E-state index in [2.05, 4.69) is 18.3 Å². The number of carbonyl (C=O) groups excluding carboxylic acids is 2. The molecule has 9 heteroatoms. The number of hydrogen-bond acceptors (Lipinski definition) is 5. The first-order valence-corrected chi connectivity index (χ1v) is 13.3. The zero-order valence-electron chi connectivity index (χ0n) is 20.4. The zero-order chi connectivity index (χ0) is 24.8. The molecule has 3 aliphatic rings. The van der Waals surface area contributed by atoms with Crippen LogP contribution in [0.4, 0.5) is 0 Å². The first-order chi connectivity index (χ1) is 17.5. The van der Waals surface area contributed by atoms with Gasteiger partial charge in [-0.2, -0.15) is 5.10 Å². The molecule has 2 fully saturated rings. The topological polar surface area (TPSA) is 88.8 Å². The molecular formula is C27H30ClN5O3. The van der Waals surface area contributed by atoms with Gasteiger partial charge in [-0.25, -0.2) is 9.50 Å². The van der Waals surface area contributed by atoms with Crippen LogP contribution in [0.15, 0.2) is 30.3 Å². The molecule has 2 unspecified atom stereocenters. The standard InChI is InChI=1S/C27H30ClN5O3/c1-16-9-10-29-26(34)15-36-24-8-7-18(28)12-19(24)27(35)32-11-3-2-4-22(32)21-14-25-30-20(17-5-6-17)13-23(16)33(25)31-21/h7-8,12-14,16-17,22H,2-6,9-11,15H2,1H3,(H,29,34). The number of amides is 2. The molecule has 4 heterocycles. The van der Waals surface area contributed by atoms with E-state index in [1.165, 1.54) is 12.8 Å². The van der Waals surface area contributed by atoms with Gasteiger partial charge < -0.3 is 15.0 Å². The molecule has 1 aromatic carbocycles. The highest BCUT2D eigenvalue weighted by Crippen LogP contribution is 2.41. The minimum Gasteiger partial charge on any atom is -0.483 e. The van der Waals surface area contributed by atoms with Crippen LogP contribution in [0.1, 0.15) is 90.8 Å². The minimum atomic E-state index is -0.224. The van der Waals surface area contributed by atoms with Gasteiger partial charge in [0.05, 0.1) is 17.3 Å². The normalized spacial score (nSPS) is 23.2. The van der Waals surface area contributed by atoms with Gasteiger partial charge in [-0.3, -0.25) is 9.59 Å². The van der Waals surface area contributed by atoms with E-state index in [4.69, 9.17) is 26.4 Å². The van der Waals surface area contributed by atoms with E-state index < -0.39 is 0 Å². The van der Waals surface area contributed by atoms with Crippen LogP contribution in [0, 0.1) is 0 Å². The number of ether oxygens (including phenoxy) is 1. The Kier molecular flexibility index (Phi) is 6.07. The number of fused-ring (bicyclic) bond motifs is 4. The summed E-state index contributed by atoms with van der Waals surface area (Å²) >= 11 is 6.27. The first kappa shape index (κ1) is 23.3. The molecule has 2 aliphatic heterocycles. The van der Waals surface area contributed by atoms with Gasteiger partial charge in [0.1, 0.15) is 5.75 Å². The third-order valence-electron chi connectivity index (χ3n) is 7.53. The zero-order valence-corrected chi connectivity index (χ0v) is 21.1. The number of nitrogens with zero attached hydrogens (tertiary/aromatic N) is 4. The molecule has 1 aliphatic carbocycles. The summed E-state index contributed by atoms with van der Waals surface area (Å²) < 4.78 is 7.76. The Morgan fingerprint density at radius 1 is 1.06 bits per heavy atom. The van der Waals surface area contributed by atoms with Gasteiger partial charge in [0, 0.05) is 47.4 Å². The highest BCUT2D eigenvalue weighted by molar-refractivity contribution is 6.31. The van der Waals surface area contributed by atoms with Crippen LogP contribution in [0.5, 0.6) is 5.75 Å². The average Bonchev–Trinajstić information content (AvgIpc) is 3.65. The maximum absolute atomic E-state index is 13.9. The van der Waals surface area contributed by atoms with Crippen molar-refractivity contribution in [1.29, 1.82) is 0 Å². The Bertz CT molecular complexity index is 1330. The second-order valence-corrected chi connectivity index (χ2v) is 10.6. The van der Waals surface area contributed by atoms with Gasteiger partial charge in [0.25, 0.3) is 11.8 Å². The maximum Gasteiger partial charge on any atom is 0.258 e. The Balaban J connectivity index is 1.47. The summed E-state index contributed by atoms with van der Waals surface area (Å²) in [7, 11) is 0. The van der Waals surface area contributed by atoms with Crippen molar-refractivity contribution >= 4 is 29.1 Å². The van der Waals surface area contributed by atoms with Crippen molar-refractivity contribution in [2.24, 2.45) is 0 Å². The molecule has 2 amide bonds. The van der Waals surface area contributed by atoms with E-state index in [1.807, 2.05) is 15.5 Å². The average molecular weight is 508 g/mol. The predicted molar refractivity (Wildman–Crippen MR) is 136 cm³/mol. The van der Waals surface area contributed by atoms with Crippen molar-refractivity contribution in [1.82, 2.24) is 24.8 Å². The van der Waals surface area contributed by atoms with Crippen LogP contribution < -0.4 is 10.1 Å². The number of benzene rings is 1. The fraction of sp³-hybridized carbons (Fsp3) is 0.481. The molecule has 1 saturated heterocycles. The fourth-order valence-corrected chi connectivity index (χ4v) is 5.51. The summed E-state index contributed by atoms with van der Waals surface area (Å²) in [6.07, 6.45) is 5.87. The summed E-state index contributed by atoms with van der Waals surface area (Å²) in [5.74, 6) is 0.652. The van der Waals surface area contributed by atoms with Crippen LogP contribution in [0.25, 0.3) is 5.65 Å². The number of rotatable bonds is 1. The SMILES string of the molecule is CC1CCNC(=O)COc2ccc(Cl)cc2C(=O)N2CCCCC2c2cc3nc(C4CC4)cc1n3n2. The Morgan fingerprint density at radius 2 is 1.92 bits per heavy atom. The largest absolute Gasteiger partial charge is 0.483 e. The Labute approximate surface area is 215 Å². The van der Waals surface area contributed by atoms with Crippen molar-refractivity contribution in [2.75, 3.05) is 19.7 Å². The van der Waals surface area contributed by atoms with Crippen LogP contribution in [0.2, 0.25) is 5.02 Å². The van der Waals surface area contributed by atoms with Crippen molar-refractivity contribution in [3.63, 3.8) is 0 Å².